The lowest BCUT2D eigenvalue weighted by Gasteiger charge is -2.24. The fourth-order valence-corrected chi connectivity index (χ4v) is 3.13. The Morgan fingerprint density at radius 3 is 2.95 bits per heavy atom. The molecule has 1 aromatic carbocycles. The molecule has 0 aliphatic carbocycles. The summed E-state index contributed by atoms with van der Waals surface area (Å²) in [7, 11) is 0. The predicted molar refractivity (Wildman–Crippen MR) is 82.7 cm³/mol. The standard InChI is InChI=1S/C17H23N3/c1-2-20-17(10-12-19-20)16-9-4-3-7-14(16)13-15-8-5-6-11-18-15/h3-4,7,9-10,12,15,18H,2,5-6,8,11,13H2,1H3. The molecule has 0 radical (unpaired) electrons. The van der Waals surface area contributed by atoms with Gasteiger partial charge in [0.15, 0.2) is 0 Å². The minimum atomic E-state index is 0.628. The van der Waals surface area contributed by atoms with Crippen molar-refractivity contribution in [2.24, 2.45) is 0 Å². The van der Waals surface area contributed by atoms with Gasteiger partial charge in [0.25, 0.3) is 0 Å². The number of aryl methyl sites for hydroxylation is 1. The van der Waals surface area contributed by atoms with Crippen molar-refractivity contribution in [3.8, 4) is 11.3 Å². The zero-order valence-electron chi connectivity index (χ0n) is 12.2. The second kappa shape index (κ2) is 6.23. The first kappa shape index (κ1) is 13.4. The zero-order chi connectivity index (χ0) is 13.8. The van der Waals surface area contributed by atoms with Crippen LogP contribution in [0.25, 0.3) is 11.3 Å². The third-order valence-corrected chi connectivity index (χ3v) is 4.19. The van der Waals surface area contributed by atoms with E-state index in [-0.39, 0.29) is 0 Å². The van der Waals surface area contributed by atoms with Crippen molar-refractivity contribution in [3.05, 3.63) is 42.1 Å². The molecule has 0 saturated carbocycles. The first-order valence-corrected chi connectivity index (χ1v) is 7.72. The molecule has 1 unspecified atom stereocenters. The maximum Gasteiger partial charge on any atom is 0.0684 e. The fourth-order valence-electron chi connectivity index (χ4n) is 3.13. The lowest BCUT2D eigenvalue weighted by Crippen LogP contribution is -2.35. The maximum absolute atomic E-state index is 4.40. The highest BCUT2D eigenvalue weighted by Gasteiger charge is 2.16. The Bertz CT molecular complexity index is 553. The van der Waals surface area contributed by atoms with E-state index in [1.807, 2.05) is 6.20 Å². The average Bonchev–Trinajstić information content (AvgIpc) is 2.97. The topological polar surface area (TPSA) is 29.9 Å². The molecule has 106 valence electrons. The largest absolute Gasteiger partial charge is 0.314 e. The average molecular weight is 269 g/mol. The van der Waals surface area contributed by atoms with Crippen molar-refractivity contribution in [2.45, 2.75) is 45.2 Å². The monoisotopic (exact) mass is 269 g/mol. The third-order valence-electron chi connectivity index (χ3n) is 4.19. The van der Waals surface area contributed by atoms with E-state index in [1.54, 1.807) is 0 Å². The highest BCUT2D eigenvalue weighted by molar-refractivity contribution is 5.64. The quantitative estimate of drug-likeness (QED) is 0.923. The molecule has 1 atom stereocenters. The number of benzene rings is 1. The van der Waals surface area contributed by atoms with Gasteiger partial charge >= 0.3 is 0 Å². The molecule has 1 aromatic heterocycles. The molecule has 0 bridgehead atoms. The molecule has 2 aromatic rings. The van der Waals surface area contributed by atoms with Crippen LogP contribution in [0.5, 0.6) is 0 Å². The summed E-state index contributed by atoms with van der Waals surface area (Å²) < 4.78 is 2.08. The molecule has 20 heavy (non-hydrogen) atoms. The van der Waals surface area contributed by atoms with Gasteiger partial charge in [-0.15, -0.1) is 0 Å². The van der Waals surface area contributed by atoms with Gasteiger partial charge in [0.2, 0.25) is 0 Å². The van der Waals surface area contributed by atoms with Crippen LogP contribution in [0.15, 0.2) is 36.5 Å². The van der Waals surface area contributed by atoms with E-state index < -0.39 is 0 Å². The summed E-state index contributed by atoms with van der Waals surface area (Å²) >= 11 is 0. The molecule has 1 fully saturated rings. The van der Waals surface area contributed by atoms with E-state index in [4.69, 9.17) is 0 Å². The van der Waals surface area contributed by atoms with Gasteiger partial charge < -0.3 is 5.32 Å². The third kappa shape index (κ3) is 2.78. The van der Waals surface area contributed by atoms with E-state index >= 15 is 0 Å². The van der Waals surface area contributed by atoms with E-state index in [1.165, 1.54) is 42.6 Å². The van der Waals surface area contributed by atoms with Crippen LogP contribution in [0.3, 0.4) is 0 Å². The number of hydrogen-bond acceptors (Lipinski definition) is 2. The second-order valence-corrected chi connectivity index (χ2v) is 5.54. The molecule has 1 aliphatic rings. The van der Waals surface area contributed by atoms with Gasteiger partial charge in [-0.3, -0.25) is 4.68 Å². The molecule has 1 aliphatic heterocycles. The molecular weight excluding hydrogens is 246 g/mol. The first-order valence-electron chi connectivity index (χ1n) is 7.72. The SMILES string of the molecule is CCn1nccc1-c1ccccc1CC1CCCCN1. The van der Waals surface area contributed by atoms with Crippen LogP contribution in [0, 0.1) is 0 Å². The van der Waals surface area contributed by atoms with Crippen molar-refractivity contribution in [1.29, 1.82) is 0 Å². The lowest BCUT2D eigenvalue weighted by atomic mass is 9.94. The second-order valence-electron chi connectivity index (χ2n) is 5.54. The Kier molecular flexibility index (Phi) is 4.16. The Balaban J connectivity index is 1.88. The van der Waals surface area contributed by atoms with Crippen LogP contribution in [-0.4, -0.2) is 22.4 Å². The summed E-state index contributed by atoms with van der Waals surface area (Å²) in [5.74, 6) is 0. The molecule has 0 spiro atoms. The molecular formula is C17H23N3. The van der Waals surface area contributed by atoms with Crippen LogP contribution in [0.1, 0.15) is 31.7 Å². The smallest absolute Gasteiger partial charge is 0.0684 e. The van der Waals surface area contributed by atoms with Gasteiger partial charge in [-0.2, -0.15) is 5.10 Å². The minimum Gasteiger partial charge on any atom is -0.314 e. The number of piperidine rings is 1. The maximum atomic E-state index is 4.40. The van der Waals surface area contributed by atoms with Gasteiger partial charge in [0, 0.05) is 24.3 Å². The Morgan fingerprint density at radius 1 is 1.25 bits per heavy atom. The highest BCUT2D eigenvalue weighted by Crippen LogP contribution is 2.25. The van der Waals surface area contributed by atoms with Crippen molar-refractivity contribution in [3.63, 3.8) is 0 Å². The van der Waals surface area contributed by atoms with E-state index in [9.17, 15) is 0 Å². The number of aromatic nitrogens is 2. The molecule has 3 heteroatoms. The zero-order valence-corrected chi connectivity index (χ0v) is 12.2. The summed E-state index contributed by atoms with van der Waals surface area (Å²) in [4.78, 5) is 0. The number of rotatable bonds is 4. The van der Waals surface area contributed by atoms with E-state index in [2.05, 4.69) is 52.4 Å². The molecule has 1 saturated heterocycles. The van der Waals surface area contributed by atoms with Gasteiger partial charge in [-0.1, -0.05) is 30.7 Å². The van der Waals surface area contributed by atoms with Crippen LogP contribution >= 0.6 is 0 Å². The number of nitrogens with zero attached hydrogens (tertiary/aromatic N) is 2. The lowest BCUT2D eigenvalue weighted by molar-refractivity contribution is 0.399. The Hall–Kier alpha value is -1.61. The highest BCUT2D eigenvalue weighted by atomic mass is 15.3. The minimum absolute atomic E-state index is 0.628. The summed E-state index contributed by atoms with van der Waals surface area (Å²) in [5, 5.41) is 8.05. The van der Waals surface area contributed by atoms with E-state index in [0.29, 0.717) is 6.04 Å². The van der Waals surface area contributed by atoms with E-state index in [0.717, 1.165) is 13.0 Å². The summed E-state index contributed by atoms with van der Waals surface area (Å²) in [6, 6.07) is 11.5. The van der Waals surface area contributed by atoms with Gasteiger partial charge in [0.1, 0.15) is 0 Å². The summed E-state index contributed by atoms with van der Waals surface area (Å²) in [5.41, 5.74) is 4.00. The molecule has 0 amide bonds. The number of nitrogens with one attached hydrogen (secondary N) is 1. The van der Waals surface area contributed by atoms with Crippen molar-refractivity contribution < 1.29 is 0 Å². The van der Waals surface area contributed by atoms with Gasteiger partial charge in [-0.05, 0) is 44.4 Å². The predicted octanol–water partition coefficient (Wildman–Crippen LogP) is 3.25. The number of hydrogen-bond donors (Lipinski definition) is 1. The fraction of sp³-hybridized carbons (Fsp3) is 0.471. The van der Waals surface area contributed by atoms with Crippen LogP contribution in [-0.2, 0) is 13.0 Å². The molecule has 1 N–H and O–H groups in total. The molecule has 3 rings (SSSR count). The van der Waals surface area contributed by atoms with Crippen LogP contribution in [0.4, 0.5) is 0 Å². The Labute approximate surface area is 121 Å². The van der Waals surface area contributed by atoms with Crippen molar-refractivity contribution >= 4 is 0 Å². The first-order chi connectivity index (χ1) is 9.88. The molecule has 3 nitrogen and oxygen atoms in total. The summed E-state index contributed by atoms with van der Waals surface area (Å²) in [6.07, 6.45) is 6.98. The summed E-state index contributed by atoms with van der Waals surface area (Å²) in [6.45, 7) is 4.22. The van der Waals surface area contributed by atoms with Crippen molar-refractivity contribution in [1.82, 2.24) is 15.1 Å². The van der Waals surface area contributed by atoms with Crippen LogP contribution in [0.2, 0.25) is 0 Å². The van der Waals surface area contributed by atoms with Gasteiger partial charge in [0.05, 0.1) is 5.69 Å². The normalized spacial score (nSPS) is 19.1. The molecule has 2 heterocycles. The van der Waals surface area contributed by atoms with Crippen LogP contribution < -0.4 is 5.32 Å². The van der Waals surface area contributed by atoms with Crippen molar-refractivity contribution in [2.75, 3.05) is 6.54 Å². The Morgan fingerprint density at radius 2 is 2.15 bits per heavy atom. The van der Waals surface area contributed by atoms with Gasteiger partial charge in [-0.25, -0.2) is 0 Å².